The Balaban J connectivity index is 0.00000264. The number of aliphatic imine (C=N–C) groups is 1. The lowest BCUT2D eigenvalue weighted by Crippen LogP contribution is -2.42. The Labute approximate surface area is 157 Å². The van der Waals surface area contributed by atoms with Gasteiger partial charge in [0.25, 0.3) is 0 Å². The van der Waals surface area contributed by atoms with Crippen molar-refractivity contribution in [3.05, 3.63) is 29.8 Å². The first-order chi connectivity index (χ1) is 10.5. The van der Waals surface area contributed by atoms with Gasteiger partial charge in [-0.2, -0.15) is 0 Å². The minimum Gasteiger partial charge on any atom is -0.491 e. The summed E-state index contributed by atoms with van der Waals surface area (Å²) in [7, 11) is 0. The second-order valence-electron chi connectivity index (χ2n) is 6.47. The number of benzene rings is 1. The molecule has 1 aliphatic rings. The number of guanidine groups is 1. The fraction of sp³-hybridized carbons (Fsp3) is 0.611. The zero-order chi connectivity index (χ0) is 15.9. The Morgan fingerprint density at radius 3 is 2.43 bits per heavy atom. The van der Waals surface area contributed by atoms with Gasteiger partial charge in [0.05, 0.1) is 6.10 Å². The summed E-state index contributed by atoms with van der Waals surface area (Å²) in [6.45, 7) is 9.19. The number of hydrogen-bond acceptors (Lipinski definition) is 2. The molecule has 0 saturated carbocycles. The largest absolute Gasteiger partial charge is 0.491 e. The highest BCUT2D eigenvalue weighted by molar-refractivity contribution is 14.0. The molecule has 5 heteroatoms. The van der Waals surface area contributed by atoms with E-state index in [0.29, 0.717) is 5.96 Å². The third-order valence-electron chi connectivity index (χ3n) is 4.08. The van der Waals surface area contributed by atoms with Gasteiger partial charge >= 0.3 is 0 Å². The molecule has 0 bridgehead atoms. The van der Waals surface area contributed by atoms with E-state index in [1.807, 2.05) is 26.0 Å². The van der Waals surface area contributed by atoms with Crippen LogP contribution in [0.5, 0.6) is 5.75 Å². The van der Waals surface area contributed by atoms with Gasteiger partial charge in [-0.3, -0.25) is 4.99 Å². The monoisotopic (exact) mass is 431 g/mol. The Morgan fingerprint density at radius 1 is 1.26 bits per heavy atom. The second-order valence-corrected chi connectivity index (χ2v) is 6.47. The van der Waals surface area contributed by atoms with E-state index in [4.69, 9.17) is 10.5 Å². The highest BCUT2D eigenvalue weighted by Gasteiger charge is 2.16. The average molecular weight is 431 g/mol. The van der Waals surface area contributed by atoms with Gasteiger partial charge in [-0.15, -0.1) is 24.0 Å². The molecule has 1 aromatic rings. The molecule has 23 heavy (non-hydrogen) atoms. The molecule has 1 heterocycles. The van der Waals surface area contributed by atoms with Crippen molar-refractivity contribution in [2.24, 2.45) is 16.6 Å². The van der Waals surface area contributed by atoms with Crippen molar-refractivity contribution in [1.82, 2.24) is 4.90 Å². The van der Waals surface area contributed by atoms with Crippen molar-refractivity contribution in [2.75, 3.05) is 19.6 Å². The van der Waals surface area contributed by atoms with E-state index < -0.39 is 0 Å². The van der Waals surface area contributed by atoms with Crippen LogP contribution in [0.3, 0.4) is 0 Å². The van der Waals surface area contributed by atoms with Gasteiger partial charge in [-0.05, 0) is 56.7 Å². The van der Waals surface area contributed by atoms with E-state index in [2.05, 4.69) is 28.9 Å². The Bertz CT molecular complexity index is 480. The molecule has 1 aromatic carbocycles. The lowest BCUT2D eigenvalue weighted by Gasteiger charge is -2.31. The molecule has 4 nitrogen and oxygen atoms in total. The quantitative estimate of drug-likeness (QED) is 0.440. The molecule has 2 N–H and O–H groups in total. The molecule has 0 radical (unpaired) electrons. The van der Waals surface area contributed by atoms with Crippen LogP contribution in [-0.2, 0) is 6.42 Å². The molecule has 130 valence electrons. The summed E-state index contributed by atoms with van der Waals surface area (Å²) in [5.41, 5.74) is 7.36. The maximum absolute atomic E-state index is 6.09. The van der Waals surface area contributed by atoms with E-state index in [-0.39, 0.29) is 30.1 Å². The normalized spacial score (nSPS) is 16.3. The molecule has 1 saturated heterocycles. The highest BCUT2D eigenvalue weighted by atomic mass is 127. The van der Waals surface area contributed by atoms with Crippen LogP contribution in [0.1, 0.15) is 39.2 Å². The van der Waals surface area contributed by atoms with Crippen LogP contribution in [0.15, 0.2) is 29.3 Å². The van der Waals surface area contributed by atoms with E-state index in [0.717, 1.165) is 37.7 Å². The van der Waals surface area contributed by atoms with Gasteiger partial charge in [0, 0.05) is 19.6 Å². The molecule has 1 aliphatic heterocycles. The van der Waals surface area contributed by atoms with Crippen molar-refractivity contribution in [3.8, 4) is 5.75 Å². The minimum atomic E-state index is 0. The van der Waals surface area contributed by atoms with Crippen molar-refractivity contribution in [3.63, 3.8) is 0 Å². The predicted molar refractivity (Wildman–Crippen MR) is 108 cm³/mol. The fourth-order valence-corrected chi connectivity index (χ4v) is 2.64. The molecule has 0 aromatic heterocycles. The SMILES string of the molecule is CC1CCN(C(N)=NCCc2ccc(OC(C)C)cc2)CC1.I. The number of nitrogens with two attached hydrogens (primary N) is 1. The lowest BCUT2D eigenvalue weighted by molar-refractivity contribution is 0.242. The number of rotatable bonds is 5. The van der Waals surface area contributed by atoms with Crippen molar-refractivity contribution < 1.29 is 4.74 Å². The van der Waals surface area contributed by atoms with Gasteiger partial charge in [0.1, 0.15) is 5.75 Å². The van der Waals surface area contributed by atoms with Crippen LogP contribution in [0.4, 0.5) is 0 Å². The summed E-state index contributed by atoms with van der Waals surface area (Å²) in [6.07, 6.45) is 3.55. The molecule has 0 spiro atoms. The van der Waals surface area contributed by atoms with Gasteiger partial charge in [-0.1, -0.05) is 19.1 Å². The zero-order valence-corrected chi connectivity index (χ0v) is 16.8. The molecule has 2 rings (SSSR count). The fourth-order valence-electron chi connectivity index (χ4n) is 2.64. The molecular formula is C18H30IN3O. The van der Waals surface area contributed by atoms with Crippen LogP contribution in [-0.4, -0.2) is 36.6 Å². The smallest absolute Gasteiger partial charge is 0.191 e. The minimum absolute atomic E-state index is 0. The summed E-state index contributed by atoms with van der Waals surface area (Å²) < 4.78 is 5.65. The number of nitrogens with zero attached hydrogens (tertiary/aromatic N) is 2. The average Bonchev–Trinajstić information content (AvgIpc) is 2.49. The summed E-state index contributed by atoms with van der Waals surface area (Å²) in [5, 5.41) is 0. The molecule has 0 unspecified atom stereocenters. The van der Waals surface area contributed by atoms with Crippen molar-refractivity contribution >= 4 is 29.9 Å². The number of hydrogen-bond donors (Lipinski definition) is 1. The van der Waals surface area contributed by atoms with Gasteiger partial charge < -0.3 is 15.4 Å². The van der Waals surface area contributed by atoms with Crippen LogP contribution < -0.4 is 10.5 Å². The standard InChI is InChI=1S/C18H29N3O.HI/c1-14(2)22-17-6-4-16(5-7-17)8-11-20-18(19)21-12-9-15(3)10-13-21;/h4-7,14-15H,8-13H2,1-3H3,(H2,19,20);1H. The number of halogens is 1. The van der Waals surface area contributed by atoms with Gasteiger partial charge in [-0.25, -0.2) is 0 Å². The van der Waals surface area contributed by atoms with Crippen LogP contribution in [0.25, 0.3) is 0 Å². The van der Waals surface area contributed by atoms with Gasteiger partial charge in [0.15, 0.2) is 5.96 Å². The van der Waals surface area contributed by atoms with Crippen molar-refractivity contribution in [2.45, 2.75) is 46.1 Å². The topological polar surface area (TPSA) is 50.8 Å². The Hall–Kier alpha value is -0.980. The first-order valence-corrected chi connectivity index (χ1v) is 8.35. The molecule has 0 aliphatic carbocycles. The molecule has 0 atom stereocenters. The predicted octanol–water partition coefficient (Wildman–Crippen LogP) is 3.68. The summed E-state index contributed by atoms with van der Waals surface area (Å²) in [6, 6.07) is 8.25. The van der Waals surface area contributed by atoms with Crippen LogP contribution in [0, 0.1) is 5.92 Å². The summed E-state index contributed by atoms with van der Waals surface area (Å²) in [4.78, 5) is 6.74. The van der Waals surface area contributed by atoms with E-state index in [9.17, 15) is 0 Å². The van der Waals surface area contributed by atoms with Crippen LogP contribution in [0.2, 0.25) is 0 Å². The maximum atomic E-state index is 6.09. The summed E-state index contributed by atoms with van der Waals surface area (Å²) in [5.74, 6) is 2.44. The molecule has 1 fully saturated rings. The highest BCUT2D eigenvalue weighted by Crippen LogP contribution is 2.16. The van der Waals surface area contributed by atoms with Gasteiger partial charge in [0.2, 0.25) is 0 Å². The third kappa shape index (κ3) is 6.97. The lowest BCUT2D eigenvalue weighted by atomic mass is 10.00. The number of piperidine rings is 1. The second kappa shape index (κ2) is 10.0. The first kappa shape index (κ1) is 20.1. The molecular weight excluding hydrogens is 401 g/mol. The van der Waals surface area contributed by atoms with E-state index in [1.165, 1.54) is 18.4 Å². The number of ether oxygens (including phenoxy) is 1. The molecule has 0 amide bonds. The first-order valence-electron chi connectivity index (χ1n) is 8.35. The third-order valence-corrected chi connectivity index (χ3v) is 4.08. The zero-order valence-electron chi connectivity index (χ0n) is 14.5. The van der Waals surface area contributed by atoms with Crippen molar-refractivity contribution in [1.29, 1.82) is 0 Å². The maximum Gasteiger partial charge on any atom is 0.191 e. The van der Waals surface area contributed by atoms with E-state index in [1.54, 1.807) is 0 Å². The summed E-state index contributed by atoms with van der Waals surface area (Å²) >= 11 is 0. The van der Waals surface area contributed by atoms with Crippen LogP contribution >= 0.6 is 24.0 Å². The van der Waals surface area contributed by atoms with E-state index >= 15 is 0 Å². The Kier molecular flexibility index (Phi) is 8.73. The Morgan fingerprint density at radius 2 is 1.87 bits per heavy atom. The number of likely N-dealkylation sites (tertiary alicyclic amines) is 1.